The van der Waals surface area contributed by atoms with Crippen LogP contribution in [-0.2, 0) is 13.1 Å². The van der Waals surface area contributed by atoms with Crippen molar-refractivity contribution in [2.45, 2.75) is 26.9 Å². The molecular formula is C16H15F4N. The standard InChI is InChI=1S/C16H15F4N/c1-9-3-11(4-10(2)15(9)19)7-21-8-12-5-13(17)16(20)14(18)6-12/h3-6,21H,7-8H2,1-2H3. The van der Waals surface area contributed by atoms with Gasteiger partial charge in [0.2, 0.25) is 0 Å². The number of nitrogens with one attached hydrogen (secondary N) is 1. The minimum atomic E-state index is -1.47. The van der Waals surface area contributed by atoms with Crippen molar-refractivity contribution in [1.29, 1.82) is 0 Å². The summed E-state index contributed by atoms with van der Waals surface area (Å²) in [6, 6.07) is 5.32. The Bertz CT molecular complexity index is 564. The second kappa shape index (κ2) is 6.26. The zero-order chi connectivity index (χ0) is 15.6. The maximum absolute atomic E-state index is 13.5. The van der Waals surface area contributed by atoms with Crippen LogP contribution in [0.25, 0.3) is 0 Å². The van der Waals surface area contributed by atoms with E-state index >= 15 is 0 Å². The monoisotopic (exact) mass is 297 g/mol. The molecule has 1 nitrogen and oxygen atoms in total. The Balaban J connectivity index is 2.02. The van der Waals surface area contributed by atoms with Gasteiger partial charge < -0.3 is 5.32 Å². The van der Waals surface area contributed by atoms with Crippen molar-refractivity contribution >= 4 is 0 Å². The van der Waals surface area contributed by atoms with Crippen molar-refractivity contribution in [3.8, 4) is 0 Å². The van der Waals surface area contributed by atoms with Crippen molar-refractivity contribution in [2.24, 2.45) is 0 Å². The Morgan fingerprint density at radius 3 is 1.62 bits per heavy atom. The van der Waals surface area contributed by atoms with Crippen molar-refractivity contribution in [1.82, 2.24) is 5.32 Å². The summed E-state index contributed by atoms with van der Waals surface area (Å²) in [4.78, 5) is 0. The van der Waals surface area contributed by atoms with E-state index in [1.165, 1.54) is 0 Å². The summed E-state index contributed by atoms with van der Waals surface area (Å²) in [7, 11) is 0. The smallest absolute Gasteiger partial charge is 0.194 e. The van der Waals surface area contributed by atoms with Crippen molar-refractivity contribution in [3.63, 3.8) is 0 Å². The molecule has 5 heteroatoms. The van der Waals surface area contributed by atoms with Gasteiger partial charge in [0.15, 0.2) is 17.5 Å². The average Bonchev–Trinajstić information content (AvgIpc) is 2.42. The minimum Gasteiger partial charge on any atom is -0.309 e. The second-order valence-corrected chi connectivity index (χ2v) is 5.02. The molecule has 0 unspecified atom stereocenters. The molecule has 1 N–H and O–H groups in total. The molecule has 2 aromatic rings. The predicted molar refractivity (Wildman–Crippen MR) is 72.7 cm³/mol. The molecule has 0 aliphatic heterocycles. The minimum absolute atomic E-state index is 0.184. The zero-order valence-corrected chi connectivity index (χ0v) is 11.7. The van der Waals surface area contributed by atoms with Gasteiger partial charge in [-0.3, -0.25) is 0 Å². The van der Waals surface area contributed by atoms with Gasteiger partial charge in [-0.25, -0.2) is 17.6 Å². The van der Waals surface area contributed by atoms with Crippen LogP contribution >= 0.6 is 0 Å². The molecular weight excluding hydrogens is 282 g/mol. The van der Waals surface area contributed by atoms with Gasteiger partial charge in [0.25, 0.3) is 0 Å². The van der Waals surface area contributed by atoms with Crippen LogP contribution in [-0.4, -0.2) is 0 Å². The fourth-order valence-electron chi connectivity index (χ4n) is 2.20. The third-order valence-electron chi connectivity index (χ3n) is 3.20. The van der Waals surface area contributed by atoms with Crippen LogP contribution in [0.3, 0.4) is 0 Å². The first kappa shape index (κ1) is 15.5. The Morgan fingerprint density at radius 1 is 0.714 bits per heavy atom. The first-order valence-corrected chi connectivity index (χ1v) is 6.48. The Hall–Kier alpha value is -1.88. The van der Waals surface area contributed by atoms with Crippen LogP contribution in [0.5, 0.6) is 0 Å². The molecule has 0 bridgehead atoms. The van der Waals surface area contributed by atoms with Gasteiger partial charge in [0, 0.05) is 13.1 Å². The molecule has 2 rings (SSSR count). The summed E-state index contributed by atoms with van der Waals surface area (Å²) in [5.74, 6) is -4.12. The zero-order valence-electron chi connectivity index (χ0n) is 11.7. The number of halogens is 4. The molecule has 112 valence electrons. The SMILES string of the molecule is Cc1cc(CNCc2cc(F)c(F)c(F)c2)cc(C)c1F. The van der Waals surface area contributed by atoms with E-state index in [4.69, 9.17) is 0 Å². The van der Waals surface area contributed by atoms with Crippen LogP contribution in [0.2, 0.25) is 0 Å². The molecule has 0 saturated carbocycles. The largest absolute Gasteiger partial charge is 0.309 e. The van der Waals surface area contributed by atoms with Gasteiger partial charge in [0.1, 0.15) is 5.82 Å². The first-order valence-electron chi connectivity index (χ1n) is 6.48. The fourth-order valence-corrected chi connectivity index (χ4v) is 2.20. The van der Waals surface area contributed by atoms with E-state index in [0.717, 1.165) is 17.7 Å². The molecule has 0 heterocycles. The number of rotatable bonds is 4. The van der Waals surface area contributed by atoms with Gasteiger partial charge in [-0.05, 0) is 48.2 Å². The van der Waals surface area contributed by atoms with E-state index in [-0.39, 0.29) is 12.4 Å². The Labute approximate surface area is 120 Å². The fraction of sp³-hybridized carbons (Fsp3) is 0.250. The van der Waals surface area contributed by atoms with Crippen LogP contribution in [0.1, 0.15) is 22.3 Å². The molecule has 0 spiro atoms. The topological polar surface area (TPSA) is 12.0 Å². The van der Waals surface area contributed by atoms with E-state index in [0.29, 0.717) is 23.2 Å². The predicted octanol–water partition coefficient (Wildman–Crippen LogP) is 4.15. The number of hydrogen-bond acceptors (Lipinski definition) is 1. The van der Waals surface area contributed by atoms with Gasteiger partial charge in [0.05, 0.1) is 0 Å². The lowest BCUT2D eigenvalue weighted by Gasteiger charge is -2.09. The average molecular weight is 297 g/mol. The molecule has 0 amide bonds. The summed E-state index contributed by atoms with van der Waals surface area (Å²) < 4.78 is 52.4. The number of benzene rings is 2. The second-order valence-electron chi connectivity index (χ2n) is 5.02. The van der Waals surface area contributed by atoms with Gasteiger partial charge >= 0.3 is 0 Å². The maximum Gasteiger partial charge on any atom is 0.194 e. The molecule has 0 aromatic heterocycles. The summed E-state index contributed by atoms with van der Waals surface area (Å²) >= 11 is 0. The van der Waals surface area contributed by atoms with Gasteiger partial charge in [-0.15, -0.1) is 0 Å². The highest BCUT2D eigenvalue weighted by Gasteiger charge is 2.10. The molecule has 0 aliphatic carbocycles. The molecule has 0 fully saturated rings. The highest BCUT2D eigenvalue weighted by molar-refractivity contribution is 5.30. The number of hydrogen-bond donors (Lipinski definition) is 1. The Kier molecular flexibility index (Phi) is 4.63. The van der Waals surface area contributed by atoms with E-state index < -0.39 is 17.5 Å². The van der Waals surface area contributed by atoms with Crippen LogP contribution < -0.4 is 5.32 Å². The van der Waals surface area contributed by atoms with Crippen LogP contribution in [0.15, 0.2) is 24.3 Å². The van der Waals surface area contributed by atoms with Crippen LogP contribution in [0.4, 0.5) is 17.6 Å². The lowest BCUT2D eigenvalue weighted by molar-refractivity contribution is 0.444. The Morgan fingerprint density at radius 2 is 1.14 bits per heavy atom. The number of aryl methyl sites for hydroxylation is 2. The maximum atomic E-state index is 13.5. The van der Waals surface area contributed by atoms with Crippen LogP contribution in [0, 0.1) is 37.1 Å². The van der Waals surface area contributed by atoms with Gasteiger partial charge in [-0.1, -0.05) is 12.1 Å². The highest BCUT2D eigenvalue weighted by Crippen LogP contribution is 2.16. The lowest BCUT2D eigenvalue weighted by atomic mass is 10.1. The molecule has 21 heavy (non-hydrogen) atoms. The third kappa shape index (κ3) is 3.61. The highest BCUT2D eigenvalue weighted by atomic mass is 19.2. The van der Waals surface area contributed by atoms with Crippen molar-refractivity contribution < 1.29 is 17.6 Å². The summed E-state index contributed by atoms with van der Waals surface area (Å²) in [5, 5.41) is 2.99. The van der Waals surface area contributed by atoms with Crippen molar-refractivity contribution in [3.05, 3.63) is 69.8 Å². The molecule has 0 aliphatic rings. The van der Waals surface area contributed by atoms with E-state index in [1.807, 2.05) is 0 Å². The summed E-state index contributed by atoms with van der Waals surface area (Å²) in [5.41, 5.74) is 2.27. The van der Waals surface area contributed by atoms with Gasteiger partial charge in [-0.2, -0.15) is 0 Å². The normalized spacial score (nSPS) is 11.0. The van der Waals surface area contributed by atoms with Crippen molar-refractivity contribution in [2.75, 3.05) is 0 Å². The third-order valence-corrected chi connectivity index (χ3v) is 3.20. The molecule has 0 atom stereocenters. The van der Waals surface area contributed by atoms with E-state index in [9.17, 15) is 17.6 Å². The first-order chi connectivity index (χ1) is 9.88. The molecule has 0 radical (unpaired) electrons. The van der Waals surface area contributed by atoms with E-state index in [1.54, 1.807) is 26.0 Å². The summed E-state index contributed by atoms with van der Waals surface area (Å²) in [6.45, 7) is 3.96. The summed E-state index contributed by atoms with van der Waals surface area (Å²) in [6.07, 6.45) is 0. The molecule has 2 aromatic carbocycles. The van der Waals surface area contributed by atoms with E-state index in [2.05, 4.69) is 5.32 Å². The lowest BCUT2D eigenvalue weighted by Crippen LogP contribution is -2.14. The quantitative estimate of drug-likeness (QED) is 0.660. The molecule has 0 saturated heterocycles.